The summed E-state index contributed by atoms with van der Waals surface area (Å²) in [4.78, 5) is 47.6. The lowest BCUT2D eigenvalue weighted by atomic mass is 10.1. The van der Waals surface area contributed by atoms with Crippen molar-refractivity contribution in [1.82, 2.24) is 10.6 Å². The van der Waals surface area contributed by atoms with Crippen LogP contribution in [0.15, 0.2) is 60.8 Å². The minimum absolute atomic E-state index is 0.167. The first-order chi connectivity index (χ1) is 26.3. The number of aliphatic carboxylic acids is 1. The van der Waals surface area contributed by atoms with Crippen LogP contribution in [0.25, 0.3) is 0 Å². The van der Waals surface area contributed by atoms with E-state index in [-0.39, 0.29) is 30.9 Å². The first kappa shape index (κ1) is 50.5. The third-order valence-electron chi connectivity index (χ3n) is 8.98. The Bertz CT molecular complexity index is 1100. The number of esters is 1. The summed E-state index contributed by atoms with van der Waals surface area (Å²) in [6.45, 7) is 3.30. The molecule has 0 rings (SSSR count). The summed E-state index contributed by atoms with van der Waals surface area (Å²) in [6, 6.07) is -1.40. The number of hydrogen-bond donors (Lipinski definition) is 4. The molecular formula is C45H76N2O7. The van der Waals surface area contributed by atoms with Gasteiger partial charge in [0.15, 0.2) is 0 Å². The molecule has 308 valence electrons. The summed E-state index contributed by atoms with van der Waals surface area (Å²) in [6.07, 6.45) is 46.9. The smallest absolute Gasteiger partial charge is 0.328 e. The minimum Gasteiger partial charge on any atom is -0.480 e. The van der Waals surface area contributed by atoms with Gasteiger partial charge in [-0.15, -0.1) is 0 Å². The normalized spacial score (nSPS) is 13.1. The van der Waals surface area contributed by atoms with E-state index in [0.29, 0.717) is 19.3 Å². The van der Waals surface area contributed by atoms with Crippen LogP contribution in [0.4, 0.5) is 0 Å². The summed E-state index contributed by atoms with van der Waals surface area (Å²) in [7, 11) is 0. The van der Waals surface area contributed by atoms with E-state index in [4.69, 9.17) is 14.9 Å². The van der Waals surface area contributed by atoms with Crippen molar-refractivity contribution in [1.29, 1.82) is 0 Å². The fraction of sp³-hybridized carbons (Fsp3) is 0.689. The number of carboxylic acid groups (broad SMARTS) is 1. The van der Waals surface area contributed by atoms with E-state index in [1.54, 1.807) is 0 Å². The number of hydrogen-bond acceptors (Lipinski definition) is 6. The van der Waals surface area contributed by atoms with Crippen LogP contribution in [0.3, 0.4) is 0 Å². The fourth-order valence-corrected chi connectivity index (χ4v) is 5.74. The lowest BCUT2D eigenvalue weighted by Gasteiger charge is -2.15. The Kier molecular flexibility index (Phi) is 36.7. The molecule has 0 aromatic carbocycles. The van der Waals surface area contributed by atoms with E-state index in [0.717, 1.165) is 57.8 Å². The van der Waals surface area contributed by atoms with Crippen molar-refractivity contribution in [3.63, 3.8) is 0 Å². The molecule has 0 saturated carbocycles. The Morgan fingerprint density at radius 2 is 1.11 bits per heavy atom. The number of allylic oxidation sites excluding steroid dienone is 9. The predicted octanol–water partition coefficient (Wildman–Crippen LogP) is 10.1. The number of aliphatic hydroxyl groups excluding tert-OH is 1. The molecule has 0 heterocycles. The van der Waals surface area contributed by atoms with Crippen molar-refractivity contribution in [3.05, 3.63) is 60.8 Å². The van der Waals surface area contributed by atoms with Gasteiger partial charge in [0, 0.05) is 12.8 Å². The van der Waals surface area contributed by atoms with Gasteiger partial charge in [0.2, 0.25) is 11.8 Å². The van der Waals surface area contributed by atoms with Crippen LogP contribution < -0.4 is 10.6 Å². The molecule has 0 aromatic rings. The topological polar surface area (TPSA) is 142 Å². The molecule has 0 radical (unpaired) electrons. The Morgan fingerprint density at radius 3 is 1.69 bits per heavy atom. The average molecular weight is 757 g/mol. The summed E-state index contributed by atoms with van der Waals surface area (Å²) in [5.41, 5.74) is 0. The van der Waals surface area contributed by atoms with Crippen LogP contribution in [-0.4, -0.2) is 59.3 Å². The first-order valence-corrected chi connectivity index (χ1v) is 21.2. The number of carbonyl (C=O) groups excluding carboxylic acids is 3. The zero-order chi connectivity index (χ0) is 39.7. The molecule has 0 aromatic heterocycles. The van der Waals surface area contributed by atoms with E-state index >= 15 is 0 Å². The maximum absolute atomic E-state index is 12.7. The molecule has 54 heavy (non-hydrogen) atoms. The van der Waals surface area contributed by atoms with E-state index < -0.39 is 24.5 Å². The van der Waals surface area contributed by atoms with Gasteiger partial charge < -0.3 is 25.6 Å². The highest BCUT2D eigenvalue weighted by Crippen LogP contribution is 2.15. The number of unbranched alkanes of at least 4 members (excludes halogenated alkanes) is 15. The molecule has 0 aliphatic heterocycles. The number of nitrogens with one attached hydrogen (secondary N) is 2. The second-order valence-electron chi connectivity index (χ2n) is 14.0. The Balaban J connectivity index is 4.43. The summed E-state index contributed by atoms with van der Waals surface area (Å²) < 4.78 is 5.86. The fourth-order valence-electron chi connectivity index (χ4n) is 5.74. The average Bonchev–Trinajstić information content (AvgIpc) is 3.15. The Morgan fingerprint density at radius 1 is 0.593 bits per heavy atom. The van der Waals surface area contributed by atoms with Crippen LogP contribution in [0, 0.1) is 0 Å². The van der Waals surface area contributed by atoms with Gasteiger partial charge in [0.1, 0.15) is 12.1 Å². The second-order valence-corrected chi connectivity index (χ2v) is 14.0. The van der Waals surface area contributed by atoms with Crippen LogP contribution in [-0.2, 0) is 23.9 Å². The monoisotopic (exact) mass is 757 g/mol. The standard InChI is InChI=1S/C45H76N2O7/c1-3-5-7-9-11-13-15-16-17-18-19-20-22-24-26-28-33-37-44(51)54-40(34-30-27-25-23-21-14-12-10-8-6-4-2)35-31-29-32-36-42(49)46-38-43(50)47-41(39-48)45(52)53/h6,8,12,14,16-17,23,25,30,34,40-41,48H,3-5,7,9-11,13,15,18-22,24,26-29,31-33,35-39H2,1-2H3,(H,46,49)(H,47,50)(H,52,53)/b8-6-,14-12-,17-16-,25-23-,34-30-. The highest BCUT2D eigenvalue weighted by Gasteiger charge is 2.18. The predicted molar refractivity (Wildman–Crippen MR) is 222 cm³/mol. The highest BCUT2D eigenvalue weighted by atomic mass is 16.5. The van der Waals surface area contributed by atoms with Crippen molar-refractivity contribution in [2.45, 2.75) is 187 Å². The van der Waals surface area contributed by atoms with Gasteiger partial charge in [-0.25, -0.2) is 4.79 Å². The molecule has 0 aliphatic carbocycles. The summed E-state index contributed by atoms with van der Waals surface area (Å²) in [5.74, 6) is -2.51. The number of carboxylic acids is 1. The van der Waals surface area contributed by atoms with Crippen molar-refractivity contribution in [2.24, 2.45) is 0 Å². The number of ether oxygens (including phenoxy) is 1. The van der Waals surface area contributed by atoms with E-state index in [1.807, 2.05) is 12.2 Å². The van der Waals surface area contributed by atoms with Gasteiger partial charge >= 0.3 is 11.9 Å². The summed E-state index contributed by atoms with van der Waals surface area (Å²) >= 11 is 0. The van der Waals surface area contributed by atoms with Crippen molar-refractivity contribution in [3.8, 4) is 0 Å². The SMILES string of the molecule is CC/C=C\C/C=C\C/C=C\C/C=C\C(CCCCCC(=O)NCC(=O)NC(CO)C(=O)O)OC(=O)CCCCCCCCC/C=C\CCCCCCCC. The first-order valence-electron chi connectivity index (χ1n) is 21.2. The van der Waals surface area contributed by atoms with Crippen LogP contribution in [0.1, 0.15) is 174 Å². The molecular weight excluding hydrogens is 681 g/mol. The van der Waals surface area contributed by atoms with Gasteiger partial charge in [0.05, 0.1) is 13.2 Å². The lowest BCUT2D eigenvalue weighted by Crippen LogP contribution is -2.47. The maximum Gasteiger partial charge on any atom is 0.328 e. The molecule has 9 nitrogen and oxygen atoms in total. The summed E-state index contributed by atoms with van der Waals surface area (Å²) in [5, 5.41) is 22.5. The largest absolute Gasteiger partial charge is 0.480 e. The Hall–Kier alpha value is -3.46. The quantitative estimate of drug-likeness (QED) is 0.0281. The number of rotatable bonds is 37. The molecule has 9 heteroatoms. The number of carbonyl (C=O) groups is 4. The van der Waals surface area contributed by atoms with Gasteiger partial charge in [-0.3, -0.25) is 14.4 Å². The maximum atomic E-state index is 12.7. The minimum atomic E-state index is -1.40. The van der Waals surface area contributed by atoms with E-state index in [2.05, 4.69) is 73.1 Å². The van der Waals surface area contributed by atoms with Gasteiger partial charge in [0.25, 0.3) is 0 Å². The molecule has 2 atom stereocenters. The van der Waals surface area contributed by atoms with Crippen molar-refractivity contribution >= 4 is 23.8 Å². The van der Waals surface area contributed by atoms with Gasteiger partial charge in [-0.1, -0.05) is 139 Å². The van der Waals surface area contributed by atoms with Crippen LogP contribution in [0.2, 0.25) is 0 Å². The second kappa shape index (κ2) is 39.2. The van der Waals surface area contributed by atoms with Crippen molar-refractivity contribution < 1.29 is 34.1 Å². The molecule has 2 unspecified atom stereocenters. The van der Waals surface area contributed by atoms with Crippen LogP contribution >= 0.6 is 0 Å². The highest BCUT2D eigenvalue weighted by molar-refractivity contribution is 5.87. The number of aliphatic hydroxyl groups is 1. The van der Waals surface area contributed by atoms with Gasteiger partial charge in [-0.05, 0) is 83.1 Å². The Labute approximate surface area is 328 Å². The molecule has 2 amide bonds. The molecule has 0 saturated heterocycles. The molecule has 0 spiro atoms. The lowest BCUT2D eigenvalue weighted by molar-refractivity contribution is -0.147. The third-order valence-corrected chi connectivity index (χ3v) is 8.98. The van der Waals surface area contributed by atoms with Crippen LogP contribution in [0.5, 0.6) is 0 Å². The van der Waals surface area contributed by atoms with E-state index in [1.165, 1.54) is 77.0 Å². The zero-order valence-electron chi connectivity index (χ0n) is 34.0. The molecule has 0 bridgehead atoms. The number of amides is 2. The zero-order valence-corrected chi connectivity index (χ0v) is 34.0. The molecule has 4 N–H and O–H groups in total. The molecule has 0 aliphatic rings. The van der Waals surface area contributed by atoms with Crippen molar-refractivity contribution in [2.75, 3.05) is 13.2 Å². The third kappa shape index (κ3) is 35.6. The van der Waals surface area contributed by atoms with Gasteiger partial charge in [-0.2, -0.15) is 0 Å². The van der Waals surface area contributed by atoms with E-state index in [9.17, 15) is 19.2 Å². The molecule has 0 fully saturated rings.